The maximum Gasteiger partial charge on any atom is 0.408 e. The number of ether oxygens (including phenoxy) is 4. The number of amides is 4. The van der Waals surface area contributed by atoms with Crippen LogP contribution in [-0.2, 0) is 40.0 Å². The topological polar surface area (TPSA) is 179 Å². The van der Waals surface area contributed by atoms with Gasteiger partial charge in [0.15, 0.2) is 5.82 Å². The van der Waals surface area contributed by atoms with Crippen molar-refractivity contribution in [3.05, 3.63) is 78.2 Å². The Morgan fingerprint density at radius 2 is 1.65 bits per heavy atom. The van der Waals surface area contributed by atoms with Gasteiger partial charge in [-0.1, -0.05) is 42.5 Å². The lowest BCUT2D eigenvalue weighted by atomic mass is 10.0. The van der Waals surface area contributed by atoms with E-state index in [1.165, 1.54) is 45.5 Å². The number of benzene rings is 2. The Morgan fingerprint density at radius 1 is 0.962 bits per heavy atom. The number of esters is 1. The fourth-order valence-corrected chi connectivity index (χ4v) is 5.56. The van der Waals surface area contributed by atoms with Crippen LogP contribution in [0.25, 0.3) is 0 Å². The Hall–Kier alpha value is -5.44. The van der Waals surface area contributed by atoms with Crippen molar-refractivity contribution in [2.24, 2.45) is 0 Å². The zero-order valence-corrected chi connectivity index (χ0v) is 30.6. The molecule has 4 amide bonds. The molecule has 0 aliphatic carbocycles. The average molecular weight is 721 g/mol. The van der Waals surface area contributed by atoms with E-state index in [1.54, 1.807) is 49.6 Å². The van der Waals surface area contributed by atoms with Crippen LogP contribution in [0.3, 0.4) is 0 Å². The third-order valence-corrected chi connectivity index (χ3v) is 8.22. The molecule has 3 aromatic rings. The van der Waals surface area contributed by atoms with E-state index >= 15 is 0 Å². The van der Waals surface area contributed by atoms with E-state index in [2.05, 4.69) is 20.9 Å². The van der Waals surface area contributed by atoms with Crippen LogP contribution in [0.15, 0.2) is 67.1 Å². The minimum atomic E-state index is -1.47. The predicted molar refractivity (Wildman–Crippen MR) is 190 cm³/mol. The molecule has 0 spiro atoms. The first-order valence-corrected chi connectivity index (χ1v) is 16.9. The minimum Gasteiger partial charge on any atom is -0.497 e. The number of hydrogen-bond donors (Lipinski definition) is 3. The quantitative estimate of drug-likeness (QED) is 0.209. The molecule has 3 atom stereocenters. The summed E-state index contributed by atoms with van der Waals surface area (Å²) < 4.78 is 22.9. The number of likely N-dealkylation sites (tertiary alicyclic amines) is 1. The number of rotatable bonds is 14. The fraction of sp³-hybridized carbons (Fsp3) is 0.459. The molecule has 2 aromatic carbocycles. The molecule has 0 saturated carbocycles. The van der Waals surface area contributed by atoms with E-state index in [1.807, 2.05) is 30.3 Å². The molecule has 4 rings (SSSR count). The lowest BCUT2D eigenvalue weighted by Gasteiger charge is -2.29. The van der Waals surface area contributed by atoms with Crippen molar-refractivity contribution in [1.29, 1.82) is 0 Å². The van der Waals surface area contributed by atoms with Crippen molar-refractivity contribution in [3.8, 4) is 5.75 Å². The second-order valence-electron chi connectivity index (χ2n) is 13.9. The van der Waals surface area contributed by atoms with Gasteiger partial charge in [0.25, 0.3) is 11.8 Å². The fourth-order valence-electron chi connectivity index (χ4n) is 5.56. The molecule has 1 aliphatic rings. The number of carbonyl (C=O) groups excluding carboxylic acids is 5. The van der Waals surface area contributed by atoms with Crippen LogP contribution in [0.2, 0.25) is 0 Å². The first kappa shape index (κ1) is 39.3. The highest BCUT2D eigenvalue weighted by Crippen LogP contribution is 2.29. The molecule has 3 N–H and O–H groups in total. The molecule has 15 heteroatoms. The number of anilines is 1. The summed E-state index contributed by atoms with van der Waals surface area (Å²) in [5, 5.41) is 7.93. The standard InChI is InChI=1S/C37H48N6O9/c1-36(2,3)52-35(48)41-37(4,5)34(47)39-27(22-51-21-24-12-9-8-10-13-24)31(44)40-29-20-42(23-38-29)30(25-15-17-26(49-6)18-16-25)32(45)43-19-11-14-28(43)33(46)50-7/h8-10,12-13,15-18,20,23,27-28,30H,11,14,19,21-22H2,1-7H3,(H,39,47)(H,40,44)(H,41,48). The van der Waals surface area contributed by atoms with Gasteiger partial charge >= 0.3 is 12.1 Å². The number of aromatic nitrogens is 2. The number of imidazole rings is 1. The first-order chi connectivity index (χ1) is 24.6. The van der Waals surface area contributed by atoms with Crippen molar-refractivity contribution >= 4 is 35.6 Å². The SMILES string of the molecule is COC(=O)C1CCCN1C(=O)C(c1ccc(OC)cc1)n1cnc(NC(=O)C(COCc2ccccc2)NC(=O)C(C)(C)NC(=O)OC(C)(C)C)c1. The van der Waals surface area contributed by atoms with Gasteiger partial charge in [-0.3, -0.25) is 14.4 Å². The molecule has 15 nitrogen and oxygen atoms in total. The van der Waals surface area contributed by atoms with Gasteiger partial charge in [-0.15, -0.1) is 0 Å². The molecule has 2 heterocycles. The van der Waals surface area contributed by atoms with Gasteiger partial charge in [0.05, 0.1) is 33.8 Å². The van der Waals surface area contributed by atoms with Crippen LogP contribution in [0, 0.1) is 0 Å². The molecule has 1 aliphatic heterocycles. The van der Waals surface area contributed by atoms with E-state index in [9.17, 15) is 24.0 Å². The van der Waals surface area contributed by atoms with E-state index in [4.69, 9.17) is 18.9 Å². The summed E-state index contributed by atoms with van der Waals surface area (Å²) in [4.78, 5) is 72.1. The van der Waals surface area contributed by atoms with Gasteiger partial charge in [-0.2, -0.15) is 0 Å². The Balaban J connectivity index is 1.56. The summed E-state index contributed by atoms with van der Waals surface area (Å²) >= 11 is 0. The normalized spacial score (nSPS) is 15.6. The lowest BCUT2D eigenvalue weighted by Crippen LogP contribution is -2.59. The number of methoxy groups -OCH3 is 2. The maximum absolute atomic E-state index is 14.1. The molecule has 280 valence electrons. The predicted octanol–water partition coefficient (Wildman–Crippen LogP) is 3.59. The van der Waals surface area contributed by atoms with Crippen LogP contribution >= 0.6 is 0 Å². The largest absolute Gasteiger partial charge is 0.497 e. The summed E-state index contributed by atoms with van der Waals surface area (Å²) in [7, 11) is 2.82. The summed E-state index contributed by atoms with van der Waals surface area (Å²) in [6.07, 6.45) is 3.20. The van der Waals surface area contributed by atoms with Gasteiger partial charge in [-0.25, -0.2) is 14.6 Å². The molecule has 1 aromatic heterocycles. The third-order valence-electron chi connectivity index (χ3n) is 8.22. The Morgan fingerprint density at radius 3 is 2.29 bits per heavy atom. The van der Waals surface area contributed by atoms with Gasteiger partial charge in [0.2, 0.25) is 5.91 Å². The van der Waals surface area contributed by atoms with Gasteiger partial charge in [0, 0.05) is 12.7 Å². The molecular weight excluding hydrogens is 672 g/mol. The molecule has 0 bridgehead atoms. The average Bonchev–Trinajstić information content (AvgIpc) is 3.77. The maximum atomic E-state index is 14.1. The second-order valence-corrected chi connectivity index (χ2v) is 13.9. The van der Waals surface area contributed by atoms with Gasteiger partial charge in [0.1, 0.15) is 35.0 Å². The highest BCUT2D eigenvalue weighted by molar-refractivity contribution is 5.98. The molecular formula is C37H48N6O9. The lowest BCUT2D eigenvalue weighted by molar-refractivity contribution is -0.151. The molecule has 3 unspecified atom stereocenters. The van der Waals surface area contributed by atoms with Crippen molar-refractivity contribution in [2.75, 3.05) is 32.7 Å². The van der Waals surface area contributed by atoms with Crippen molar-refractivity contribution in [1.82, 2.24) is 25.1 Å². The highest BCUT2D eigenvalue weighted by Gasteiger charge is 2.39. The van der Waals surface area contributed by atoms with Crippen LogP contribution in [-0.4, -0.2) is 94.8 Å². The van der Waals surface area contributed by atoms with Gasteiger partial charge in [-0.05, 0) is 70.7 Å². The van der Waals surface area contributed by atoms with Crippen LogP contribution in [0.5, 0.6) is 5.75 Å². The minimum absolute atomic E-state index is 0.0932. The van der Waals surface area contributed by atoms with Crippen LogP contribution in [0.1, 0.15) is 64.6 Å². The summed E-state index contributed by atoms with van der Waals surface area (Å²) in [6, 6.07) is 13.3. The van der Waals surface area contributed by atoms with E-state index < -0.39 is 53.1 Å². The zero-order chi connectivity index (χ0) is 38.1. The molecule has 52 heavy (non-hydrogen) atoms. The van der Waals surface area contributed by atoms with Crippen molar-refractivity contribution in [3.63, 3.8) is 0 Å². The first-order valence-electron chi connectivity index (χ1n) is 16.9. The Bertz CT molecular complexity index is 1700. The van der Waals surface area contributed by atoms with Crippen LogP contribution < -0.4 is 20.7 Å². The number of carbonyl (C=O) groups is 5. The van der Waals surface area contributed by atoms with Crippen molar-refractivity contribution < 1.29 is 42.9 Å². The number of nitrogens with zero attached hydrogens (tertiary/aromatic N) is 3. The summed E-state index contributed by atoms with van der Waals surface area (Å²) in [6.45, 7) is 8.39. The van der Waals surface area contributed by atoms with Gasteiger partial charge < -0.3 is 44.4 Å². The number of alkyl carbamates (subject to hydrolysis) is 1. The second kappa shape index (κ2) is 17.2. The summed E-state index contributed by atoms with van der Waals surface area (Å²) in [5.41, 5.74) is -0.802. The van der Waals surface area contributed by atoms with E-state index in [0.29, 0.717) is 30.7 Å². The highest BCUT2D eigenvalue weighted by atomic mass is 16.6. The monoisotopic (exact) mass is 720 g/mol. The number of nitrogens with one attached hydrogen (secondary N) is 3. The number of hydrogen-bond acceptors (Lipinski definition) is 10. The molecule has 1 saturated heterocycles. The smallest absolute Gasteiger partial charge is 0.408 e. The van der Waals surface area contributed by atoms with Crippen LogP contribution in [0.4, 0.5) is 10.6 Å². The molecule has 0 radical (unpaired) electrons. The third kappa shape index (κ3) is 10.5. The van der Waals surface area contributed by atoms with Crippen molar-refractivity contribution in [2.45, 2.75) is 83.3 Å². The zero-order valence-electron chi connectivity index (χ0n) is 30.6. The summed E-state index contributed by atoms with van der Waals surface area (Å²) in [5.74, 6) is -1.48. The Kier molecular flexibility index (Phi) is 13.0. The van der Waals surface area contributed by atoms with E-state index in [0.717, 1.165) is 5.56 Å². The Labute approximate surface area is 303 Å². The molecule has 1 fully saturated rings. The van der Waals surface area contributed by atoms with E-state index in [-0.39, 0.29) is 24.9 Å².